The summed E-state index contributed by atoms with van der Waals surface area (Å²) in [5.41, 5.74) is 4.36. The number of hydrogen-bond acceptors (Lipinski definition) is 4. The first-order valence-electron chi connectivity index (χ1n) is 10.7. The second-order valence-corrected chi connectivity index (χ2v) is 9.13. The number of phenols is 1. The Morgan fingerprint density at radius 3 is 2.42 bits per heavy atom. The van der Waals surface area contributed by atoms with Crippen molar-refractivity contribution in [1.82, 2.24) is 15.0 Å². The molecular formula is C25H26ClN5O2. The van der Waals surface area contributed by atoms with Gasteiger partial charge >= 0.3 is 6.03 Å². The van der Waals surface area contributed by atoms with Gasteiger partial charge in [0.2, 0.25) is 0 Å². The number of fused-ring (bicyclic) bond motifs is 1. The number of aromatic nitrogens is 3. The standard InChI is InChI=1S/C25H26ClN5O2/c1-5-25(3,4)16-12-21(28-24(33)27-18-9-6-15(2)7-10-18)23(32)22(13-16)31-29-19-11-8-17(26)14-20(19)30-31/h6-14,32H,5H2,1-4H3,(H2,27,28,33). The molecule has 0 spiro atoms. The van der Waals surface area contributed by atoms with Gasteiger partial charge in [0.25, 0.3) is 0 Å². The number of nitrogens with one attached hydrogen (secondary N) is 2. The van der Waals surface area contributed by atoms with Gasteiger partial charge in [0.15, 0.2) is 5.75 Å². The minimum atomic E-state index is -0.461. The molecule has 0 fully saturated rings. The molecule has 3 N–H and O–H groups in total. The fraction of sp³-hybridized carbons (Fsp3) is 0.240. The zero-order chi connectivity index (χ0) is 23.8. The Kier molecular flexibility index (Phi) is 5.99. The molecule has 0 aliphatic rings. The fourth-order valence-corrected chi connectivity index (χ4v) is 3.55. The van der Waals surface area contributed by atoms with Crippen molar-refractivity contribution < 1.29 is 9.90 Å². The number of rotatable bonds is 5. The summed E-state index contributed by atoms with van der Waals surface area (Å²) >= 11 is 6.09. The number of urea groups is 1. The second-order valence-electron chi connectivity index (χ2n) is 8.70. The SMILES string of the molecule is CCC(C)(C)c1cc(NC(=O)Nc2ccc(C)cc2)c(O)c(-n2nc3ccc(Cl)cc3n2)c1. The lowest BCUT2D eigenvalue weighted by atomic mass is 9.81. The van der Waals surface area contributed by atoms with E-state index in [-0.39, 0.29) is 16.9 Å². The number of phenolic OH excluding ortho intramolecular Hbond substituents is 1. The van der Waals surface area contributed by atoms with Gasteiger partial charge < -0.3 is 15.7 Å². The van der Waals surface area contributed by atoms with Gasteiger partial charge in [-0.1, -0.05) is 50.1 Å². The first-order chi connectivity index (χ1) is 15.7. The molecule has 0 saturated carbocycles. The number of amides is 2. The van der Waals surface area contributed by atoms with Crippen molar-refractivity contribution in [3.63, 3.8) is 0 Å². The topological polar surface area (TPSA) is 92.1 Å². The maximum atomic E-state index is 12.7. The van der Waals surface area contributed by atoms with E-state index < -0.39 is 6.03 Å². The number of aromatic hydroxyl groups is 1. The average molecular weight is 464 g/mol. The number of aryl methyl sites for hydroxylation is 1. The maximum absolute atomic E-state index is 12.7. The smallest absolute Gasteiger partial charge is 0.323 e. The minimum Gasteiger partial charge on any atom is -0.504 e. The van der Waals surface area contributed by atoms with Crippen LogP contribution in [0.4, 0.5) is 16.2 Å². The Morgan fingerprint density at radius 1 is 1.03 bits per heavy atom. The molecule has 8 heteroatoms. The summed E-state index contributed by atoms with van der Waals surface area (Å²) in [6.45, 7) is 8.27. The van der Waals surface area contributed by atoms with E-state index >= 15 is 0 Å². The highest BCUT2D eigenvalue weighted by Gasteiger charge is 2.24. The maximum Gasteiger partial charge on any atom is 0.323 e. The van der Waals surface area contributed by atoms with Crippen LogP contribution in [-0.4, -0.2) is 26.1 Å². The third kappa shape index (κ3) is 4.78. The van der Waals surface area contributed by atoms with Crippen molar-refractivity contribution >= 4 is 40.0 Å². The van der Waals surface area contributed by atoms with Crippen LogP contribution in [0.15, 0.2) is 54.6 Å². The lowest BCUT2D eigenvalue weighted by Crippen LogP contribution is -2.21. The minimum absolute atomic E-state index is 0.129. The lowest BCUT2D eigenvalue weighted by Gasteiger charge is -2.25. The first kappa shape index (κ1) is 22.6. The van der Waals surface area contributed by atoms with Crippen LogP contribution in [0, 0.1) is 6.92 Å². The number of halogens is 1. The molecule has 1 aromatic heterocycles. The molecule has 0 unspecified atom stereocenters. The van der Waals surface area contributed by atoms with Gasteiger partial charge in [-0.05, 0) is 66.8 Å². The van der Waals surface area contributed by atoms with Crippen molar-refractivity contribution in [1.29, 1.82) is 0 Å². The quantitative estimate of drug-likeness (QED) is 0.298. The van der Waals surface area contributed by atoms with E-state index in [1.807, 2.05) is 37.3 Å². The second kappa shape index (κ2) is 8.75. The monoisotopic (exact) mass is 463 g/mol. The van der Waals surface area contributed by atoms with Crippen LogP contribution in [0.1, 0.15) is 38.3 Å². The Labute approximate surface area is 197 Å². The van der Waals surface area contributed by atoms with E-state index in [0.29, 0.717) is 27.4 Å². The van der Waals surface area contributed by atoms with Gasteiger partial charge in [0.1, 0.15) is 16.7 Å². The lowest BCUT2D eigenvalue weighted by molar-refractivity contribution is 0.262. The first-order valence-corrected chi connectivity index (χ1v) is 11.1. The molecule has 0 atom stereocenters. The Hall–Kier alpha value is -3.58. The number of carbonyl (C=O) groups is 1. The number of benzene rings is 3. The summed E-state index contributed by atoms with van der Waals surface area (Å²) in [6.07, 6.45) is 0.857. The predicted octanol–water partition coefficient (Wildman–Crippen LogP) is 6.42. The van der Waals surface area contributed by atoms with Gasteiger partial charge in [0, 0.05) is 10.7 Å². The summed E-state index contributed by atoms with van der Waals surface area (Å²) in [4.78, 5) is 14.1. The Bertz CT molecular complexity index is 1330. The van der Waals surface area contributed by atoms with Gasteiger partial charge in [0.05, 0.1) is 5.69 Å². The molecule has 4 aromatic rings. The van der Waals surface area contributed by atoms with Crippen LogP contribution in [0.3, 0.4) is 0 Å². The van der Waals surface area contributed by atoms with Gasteiger partial charge in [-0.25, -0.2) is 4.79 Å². The number of hydrogen-bond donors (Lipinski definition) is 3. The third-order valence-corrected chi connectivity index (χ3v) is 6.11. The number of nitrogens with zero attached hydrogens (tertiary/aromatic N) is 3. The molecule has 0 bridgehead atoms. The summed E-state index contributed by atoms with van der Waals surface area (Å²) in [5.74, 6) is -0.129. The highest BCUT2D eigenvalue weighted by molar-refractivity contribution is 6.31. The average Bonchev–Trinajstić information content (AvgIpc) is 3.19. The Morgan fingerprint density at radius 2 is 1.73 bits per heavy atom. The van der Waals surface area contributed by atoms with Gasteiger partial charge in [-0.15, -0.1) is 15.0 Å². The summed E-state index contributed by atoms with van der Waals surface area (Å²) in [7, 11) is 0. The number of anilines is 2. The predicted molar refractivity (Wildman–Crippen MR) is 133 cm³/mol. The molecule has 0 aliphatic carbocycles. The van der Waals surface area contributed by atoms with Gasteiger partial charge in [-0.3, -0.25) is 0 Å². The van der Waals surface area contributed by atoms with Crippen LogP contribution in [0.5, 0.6) is 5.75 Å². The molecule has 33 heavy (non-hydrogen) atoms. The van der Waals surface area contributed by atoms with Crippen molar-refractivity contribution in [2.24, 2.45) is 0 Å². The molecule has 1 heterocycles. The van der Waals surface area contributed by atoms with E-state index in [0.717, 1.165) is 17.5 Å². The number of carbonyl (C=O) groups excluding carboxylic acids is 1. The van der Waals surface area contributed by atoms with E-state index in [9.17, 15) is 9.90 Å². The van der Waals surface area contributed by atoms with Gasteiger partial charge in [-0.2, -0.15) is 0 Å². The normalized spacial score (nSPS) is 11.5. The molecule has 2 amide bonds. The van der Waals surface area contributed by atoms with Crippen LogP contribution >= 0.6 is 11.6 Å². The molecular weight excluding hydrogens is 438 g/mol. The van der Waals surface area contributed by atoms with Crippen LogP contribution in [-0.2, 0) is 5.41 Å². The molecule has 0 radical (unpaired) electrons. The summed E-state index contributed by atoms with van der Waals surface area (Å²) < 4.78 is 0. The van der Waals surface area contributed by atoms with Crippen molar-refractivity contribution in [3.8, 4) is 11.4 Å². The molecule has 170 valence electrons. The van der Waals surface area contributed by atoms with E-state index in [2.05, 4.69) is 41.6 Å². The summed E-state index contributed by atoms with van der Waals surface area (Å²) in [5, 5.41) is 26.2. The van der Waals surface area contributed by atoms with Crippen molar-refractivity contribution in [2.45, 2.75) is 39.5 Å². The van der Waals surface area contributed by atoms with Crippen molar-refractivity contribution in [2.75, 3.05) is 10.6 Å². The molecule has 7 nitrogen and oxygen atoms in total. The molecule has 4 rings (SSSR count). The zero-order valence-corrected chi connectivity index (χ0v) is 19.7. The highest BCUT2D eigenvalue weighted by atomic mass is 35.5. The molecule has 0 aliphatic heterocycles. The Balaban J connectivity index is 1.74. The fourth-order valence-electron chi connectivity index (χ4n) is 3.38. The van der Waals surface area contributed by atoms with Crippen LogP contribution < -0.4 is 10.6 Å². The highest BCUT2D eigenvalue weighted by Crippen LogP contribution is 2.38. The zero-order valence-electron chi connectivity index (χ0n) is 19.0. The van der Waals surface area contributed by atoms with Crippen molar-refractivity contribution in [3.05, 3.63) is 70.7 Å². The van der Waals surface area contributed by atoms with E-state index in [4.69, 9.17) is 11.6 Å². The third-order valence-electron chi connectivity index (χ3n) is 5.87. The largest absolute Gasteiger partial charge is 0.504 e. The van der Waals surface area contributed by atoms with E-state index in [1.165, 1.54) is 4.80 Å². The van der Waals surface area contributed by atoms with E-state index in [1.54, 1.807) is 24.3 Å². The van der Waals surface area contributed by atoms with Crippen LogP contribution in [0.25, 0.3) is 16.7 Å². The van der Waals surface area contributed by atoms with Crippen LogP contribution in [0.2, 0.25) is 5.02 Å². The molecule has 3 aromatic carbocycles. The summed E-state index contributed by atoms with van der Waals surface area (Å²) in [6, 6.07) is 15.9. The molecule has 0 saturated heterocycles.